The fourth-order valence-corrected chi connectivity index (χ4v) is 4.28. The number of benzene rings is 1. The van der Waals surface area contributed by atoms with Crippen LogP contribution in [-0.4, -0.2) is 50.2 Å². The highest BCUT2D eigenvalue weighted by Crippen LogP contribution is 2.33. The van der Waals surface area contributed by atoms with Gasteiger partial charge in [-0.05, 0) is 36.1 Å². The maximum Gasteiger partial charge on any atom is 0.352 e. The molecule has 1 amide bonds. The fourth-order valence-electron chi connectivity index (χ4n) is 4.28. The summed E-state index contributed by atoms with van der Waals surface area (Å²) in [4.78, 5) is 26.0. The number of aromatic carboxylic acids is 1. The van der Waals surface area contributed by atoms with Gasteiger partial charge in [0, 0.05) is 38.2 Å². The molecular formula is C20H22N2O4. The lowest BCUT2D eigenvalue weighted by molar-refractivity contribution is -0.151. The lowest BCUT2D eigenvalue weighted by Gasteiger charge is -2.37. The summed E-state index contributed by atoms with van der Waals surface area (Å²) < 4.78 is 1.78. The monoisotopic (exact) mass is 354 g/mol. The number of rotatable bonds is 3. The summed E-state index contributed by atoms with van der Waals surface area (Å²) in [6.07, 6.45) is 3.88. The van der Waals surface area contributed by atoms with Crippen LogP contribution in [0.4, 0.5) is 0 Å². The Morgan fingerprint density at radius 2 is 1.62 bits per heavy atom. The number of carboxylic acid groups (broad SMARTS) is 1. The van der Waals surface area contributed by atoms with Crippen molar-refractivity contribution in [2.24, 2.45) is 0 Å². The molecule has 1 aromatic heterocycles. The van der Waals surface area contributed by atoms with Gasteiger partial charge in [0.1, 0.15) is 5.69 Å². The molecule has 2 heterocycles. The molecule has 0 bridgehead atoms. The molecular weight excluding hydrogens is 332 g/mol. The molecule has 1 saturated heterocycles. The smallest absolute Gasteiger partial charge is 0.352 e. The third-order valence-electron chi connectivity index (χ3n) is 5.63. The van der Waals surface area contributed by atoms with Gasteiger partial charge in [0.25, 0.3) is 5.91 Å². The maximum atomic E-state index is 12.9. The van der Waals surface area contributed by atoms with Gasteiger partial charge in [-0.2, -0.15) is 0 Å². The van der Waals surface area contributed by atoms with E-state index in [0.717, 1.165) is 11.1 Å². The average Bonchev–Trinajstić information content (AvgIpc) is 3.25. The first kappa shape index (κ1) is 16.8. The molecule has 6 nitrogen and oxygen atoms in total. The van der Waals surface area contributed by atoms with Gasteiger partial charge in [0.15, 0.2) is 5.60 Å². The number of aromatic nitrogens is 1. The minimum absolute atomic E-state index is 0.0653. The van der Waals surface area contributed by atoms with Crippen LogP contribution < -0.4 is 0 Å². The zero-order chi connectivity index (χ0) is 18.3. The first-order valence-electron chi connectivity index (χ1n) is 8.96. The number of fused-ring (bicyclic) bond motifs is 1. The Bertz CT molecular complexity index is 824. The molecule has 0 spiro atoms. The normalized spacial score (nSPS) is 19.3. The summed E-state index contributed by atoms with van der Waals surface area (Å²) in [5.41, 5.74) is 1.00. The highest BCUT2D eigenvalue weighted by atomic mass is 16.4. The van der Waals surface area contributed by atoms with Crippen LogP contribution in [0.3, 0.4) is 0 Å². The molecule has 1 aliphatic carbocycles. The second-order valence-electron chi connectivity index (χ2n) is 7.28. The van der Waals surface area contributed by atoms with E-state index < -0.39 is 11.6 Å². The highest BCUT2D eigenvalue weighted by molar-refractivity contribution is 5.87. The minimum atomic E-state index is -1.35. The third kappa shape index (κ3) is 2.80. The molecule has 26 heavy (non-hydrogen) atoms. The van der Waals surface area contributed by atoms with E-state index in [2.05, 4.69) is 0 Å². The largest absolute Gasteiger partial charge is 0.477 e. The number of carboxylic acids is 1. The molecule has 4 rings (SSSR count). The highest BCUT2D eigenvalue weighted by Gasteiger charge is 2.44. The van der Waals surface area contributed by atoms with Crippen LogP contribution in [0.25, 0.3) is 0 Å². The standard InChI is InChI=1S/C20H22N2O4/c23-18(24)17-6-3-9-22(17)16-7-10-21(11-8-16)19(25)20(26)12-14-4-1-2-5-15(14)13-20/h1-6,9,16,26H,7-8,10-13H2,(H,23,24). The van der Waals surface area contributed by atoms with Gasteiger partial charge >= 0.3 is 5.97 Å². The van der Waals surface area contributed by atoms with E-state index in [-0.39, 0.29) is 17.6 Å². The Balaban J connectivity index is 1.43. The van der Waals surface area contributed by atoms with Crippen molar-refractivity contribution in [1.29, 1.82) is 0 Å². The number of likely N-dealkylation sites (tertiary alicyclic amines) is 1. The van der Waals surface area contributed by atoms with Crippen molar-refractivity contribution in [3.05, 3.63) is 59.4 Å². The summed E-state index contributed by atoms with van der Waals surface area (Å²) >= 11 is 0. The number of aliphatic hydroxyl groups is 1. The van der Waals surface area contributed by atoms with Crippen LogP contribution in [0.1, 0.15) is 40.5 Å². The molecule has 1 aliphatic heterocycles. The van der Waals surface area contributed by atoms with Crippen LogP contribution in [0.2, 0.25) is 0 Å². The Hall–Kier alpha value is -2.60. The topological polar surface area (TPSA) is 82.8 Å². The third-order valence-corrected chi connectivity index (χ3v) is 5.63. The second kappa shape index (κ2) is 6.29. The Morgan fingerprint density at radius 3 is 2.19 bits per heavy atom. The quantitative estimate of drug-likeness (QED) is 0.882. The van der Waals surface area contributed by atoms with Gasteiger partial charge in [-0.3, -0.25) is 4.79 Å². The van der Waals surface area contributed by atoms with Crippen molar-refractivity contribution >= 4 is 11.9 Å². The van der Waals surface area contributed by atoms with Gasteiger partial charge in [-0.15, -0.1) is 0 Å². The minimum Gasteiger partial charge on any atom is -0.477 e. The second-order valence-corrected chi connectivity index (χ2v) is 7.28. The van der Waals surface area contributed by atoms with Gasteiger partial charge in [0.05, 0.1) is 0 Å². The number of hydrogen-bond donors (Lipinski definition) is 2. The van der Waals surface area contributed by atoms with E-state index in [1.165, 1.54) is 0 Å². The molecule has 2 aromatic rings. The van der Waals surface area contributed by atoms with E-state index in [1.807, 2.05) is 24.3 Å². The van der Waals surface area contributed by atoms with E-state index >= 15 is 0 Å². The molecule has 0 unspecified atom stereocenters. The molecule has 6 heteroatoms. The number of nitrogens with zero attached hydrogens (tertiary/aromatic N) is 2. The zero-order valence-electron chi connectivity index (χ0n) is 14.5. The fraction of sp³-hybridized carbons (Fsp3) is 0.400. The molecule has 1 aromatic carbocycles. The lowest BCUT2D eigenvalue weighted by atomic mass is 9.96. The number of hydrogen-bond acceptors (Lipinski definition) is 3. The van der Waals surface area contributed by atoms with E-state index in [4.69, 9.17) is 0 Å². The number of carbonyl (C=O) groups is 2. The van der Waals surface area contributed by atoms with Crippen LogP contribution >= 0.6 is 0 Å². The molecule has 2 aliphatic rings. The van der Waals surface area contributed by atoms with Gasteiger partial charge in [-0.1, -0.05) is 24.3 Å². The van der Waals surface area contributed by atoms with Crippen LogP contribution in [0.15, 0.2) is 42.6 Å². The van der Waals surface area contributed by atoms with Crippen molar-refractivity contribution in [2.75, 3.05) is 13.1 Å². The van der Waals surface area contributed by atoms with Crippen molar-refractivity contribution in [1.82, 2.24) is 9.47 Å². The predicted molar refractivity (Wildman–Crippen MR) is 95.0 cm³/mol. The summed E-state index contributed by atoms with van der Waals surface area (Å²) in [6, 6.07) is 11.2. The predicted octanol–water partition coefficient (Wildman–Crippen LogP) is 1.88. The van der Waals surface area contributed by atoms with Crippen molar-refractivity contribution in [3.8, 4) is 0 Å². The lowest BCUT2D eigenvalue weighted by Crippen LogP contribution is -2.52. The first-order chi connectivity index (χ1) is 12.5. The SMILES string of the molecule is O=C(O)c1cccn1C1CCN(C(=O)C2(O)Cc3ccccc3C2)CC1. The van der Waals surface area contributed by atoms with Gasteiger partial charge in [0.2, 0.25) is 0 Å². The first-order valence-corrected chi connectivity index (χ1v) is 8.96. The van der Waals surface area contributed by atoms with Gasteiger partial charge in [-0.25, -0.2) is 4.79 Å². The Kier molecular flexibility index (Phi) is 4.07. The van der Waals surface area contributed by atoms with Crippen LogP contribution in [0.5, 0.6) is 0 Å². The molecule has 0 atom stereocenters. The Morgan fingerprint density at radius 1 is 1.00 bits per heavy atom. The van der Waals surface area contributed by atoms with Gasteiger partial charge < -0.3 is 19.7 Å². The Labute approximate surface area is 151 Å². The number of carbonyl (C=O) groups excluding carboxylic acids is 1. The van der Waals surface area contributed by atoms with Crippen LogP contribution in [-0.2, 0) is 17.6 Å². The number of amides is 1. The van der Waals surface area contributed by atoms with Crippen molar-refractivity contribution < 1.29 is 19.8 Å². The molecule has 0 saturated carbocycles. The van der Waals surface area contributed by atoms with Crippen LogP contribution in [0, 0.1) is 0 Å². The average molecular weight is 354 g/mol. The summed E-state index contributed by atoms with van der Waals surface area (Å²) in [6.45, 7) is 1.05. The molecule has 2 N–H and O–H groups in total. The van der Waals surface area contributed by atoms with E-state index in [9.17, 15) is 19.8 Å². The van der Waals surface area contributed by atoms with Crippen molar-refractivity contribution in [2.45, 2.75) is 37.3 Å². The number of piperidine rings is 1. The van der Waals surface area contributed by atoms with E-state index in [1.54, 1.807) is 27.8 Å². The molecule has 1 fully saturated rings. The van der Waals surface area contributed by atoms with E-state index in [0.29, 0.717) is 38.8 Å². The van der Waals surface area contributed by atoms with Crippen molar-refractivity contribution in [3.63, 3.8) is 0 Å². The molecule has 136 valence electrons. The molecule has 0 radical (unpaired) electrons. The summed E-state index contributed by atoms with van der Waals surface area (Å²) in [7, 11) is 0. The summed E-state index contributed by atoms with van der Waals surface area (Å²) in [5, 5.41) is 20.2. The zero-order valence-corrected chi connectivity index (χ0v) is 14.5. The summed E-state index contributed by atoms with van der Waals surface area (Å²) in [5.74, 6) is -1.15. The maximum absolute atomic E-state index is 12.9.